The van der Waals surface area contributed by atoms with Crippen LogP contribution in [0.1, 0.15) is 29.1 Å². The number of amides is 3. The fraction of sp³-hybridized carbons (Fsp3) is 0.522. The molecule has 2 aliphatic rings. The lowest BCUT2D eigenvalue weighted by atomic mass is 9.96. The predicted octanol–water partition coefficient (Wildman–Crippen LogP) is 3.35. The molecule has 0 aliphatic carbocycles. The maximum absolute atomic E-state index is 13.1. The molecule has 2 saturated heterocycles. The quantitative estimate of drug-likeness (QED) is 0.790. The minimum absolute atomic E-state index is 0.107. The first kappa shape index (κ1) is 21.8. The Kier molecular flexibility index (Phi) is 6.87. The summed E-state index contributed by atoms with van der Waals surface area (Å²) in [5.41, 5.74) is 3.02. The third-order valence-electron chi connectivity index (χ3n) is 6.06. The predicted molar refractivity (Wildman–Crippen MR) is 123 cm³/mol. The van der Waals surface area contributed by atoms with Gasteiger partial charge in [-0.1, -0.05) is 12.1 Å². The molecule has 0 radical (unpaired) electrons. The zero-order valence-corrected chi connectivity index (χ0v) is 19.2. The molecule has 3 amide bonds. The van der Waals surface area contributed by atoms with E-state index < -0.39 is 0 Å². The topological polar surface area (TPSA) is 68.8 Å². The zero-order valence-electron chi connectivity index (χ0n) is 18.3. The van der Waals surface area contributed by atoms with E-state index in [4.69, 9.17) is 0 Å². The van der Waals surface area contributed by atoms with E-state index in [1.54, 1.807) is 16.2 Å². The number of nitrogens with zero attached hydrogens (tertiary/aromatic N) is 4. The highest BCUT2D eigenvalue weighted by Crippen LogP contribution is 2.21. The second-order valence-electron chi connectivity index (χ2n) is 8.54. The van der Waals surface area contributed by atoms with Crippen LogP contribution < -0.4 is 5.32 Å². The molecule has 1 unspecified atom stereocenters. The highest BCUT2D eigenvalue weighted by Gasteiger charge is 2.32. The smallest absolute Gasteiger partial charge is 0.321 e. The van der Waals surface area contributed by atoms with Crippen molar-refractivity contribution in [3.63, 3.8) is 0 Å². The van der Waals surface area contributed by atoms with Gasteiger partial charge in [-0.25, -0.2) is 9.78 Å². The summed E-state index contributed by atoms with van der Waals surface area (Å²) in [6, 6.07) is 7.67. The van der Waals surface area contributed by atoms with Gasteiger partial charge >= 0.3 is 6.03 Å². The Balaban J connectivity index is 1.27. The number of carbonyl (C=O) groups is 2. The minimum Gasteiger partial charge on any atom is -0.340 e. The first-order valence-electron chi connectivity index (χ1n) is 11.0. The normalized spacial score (nSPS) is 20.0. The molecular formula is C23H31N5O2S. The average Bonchev–Trinajstić information content (AvgIpc) is 3.18. The van der Waals surface area contributed by atoms with Gasteiger partial charge in [-0.3, -0.25) is 9.69 Å². The molecule has 2 aromatic rings. The van der Waals surface area contributed by atoms with Gasteiger partial charge in [-0.2, -0.15) is 0 Å². The summed E-state index contributed by atoms with van der Waals surface area (Å²) in [4.78, 5) is 36.5. The Morgan fingerprint density at radius 1 is 1.13 bits per heavy atom. The van der Waals surface area contributed by atoms with Crippen molar-refractivity contribution in [2.45, 2.75) is 33.2 Å². The molecule has 1 atom stereocenters. The standard InChI is InChI=1S/C23H31N5O2S/c1-17-5-3-7-20(13-17)25-23(30)28-8-4-6-19(14-28)22(29)27-11-9-26(10-12-27)15-21-16-31-18(2)24-21/h3,5,7,13,16,19H,4,6,8-12,14-15H2,1-2H3,(H,25,30). The van der Waals surface area contributed by atoms with Gasteiger partial charge in [0, 0.05) is 56.9 Å². The number of aryl methyl sites for hydroxylation is 2. The molecule has 31 heavy (non-hydrogen) atoms. The number of hydrogen-bond donors (Lipinski definition) is 1. The van der Waals surface area contributed by atoms with Crippen LogP contribution in [-0.4, -0.2) is 70.9 Å². The first-order chi connectivity index (χ1) is 15.0. The number of likely N-dealkylation sites (tertiary alicyclic amines) is 1. The summed E-state index contributed by atoms with van der Waals surface area (Å²) in [5.74, 6) is 0.0851. The van der Waals surface area contributed by atoms with Gasteiger partial charge in [0.1, 0.15) is 0 Å². The molecule has 0 spiro atoms. The molecule has 2 fully saturated rings. The molecule has 1 aromatic heterocycles. The number of benzene rings is 1. The minimum atomic E-state index is -0.119. The van der Waals surface area contributed by atoms with Crippen LogP contribution in [0.5, 0.6) is 0 Å². The number of piperidine rings is 1. The maximum Gasteiger partial charge on any atom is 0.321 e. The highest BCUT2D eigenvalue weighted by atomic mass is 32.1. The van der Waals surface area contributed by atoms with E-state index in [2.05, 4.69) is 20.6 Å². The summed E-state index contributed by atoms with van der Waals surface area (Å²) in [6.45, 7) is 9.29. The van der Waals surface area contributed by atoms with Crippen LogP contribution in [-0.2, 0) is 11.3 Å². The number of hydrogen-bond acceptors (Lipinski definition) is 5. The summed E-state index contributed by atoms with van der Waals surface area (Å²) in [5, 5.41) is 6.18. The number of nitrogens with one attached hydrogen (secondary N) is 1. The second kappa shape index (κ2) is 9.78. The van der Waals surface area contributed by atoms with E-state index >= 15 is 0 Å². The Hall–Kier alpha value is -2.45. The van der Waals surface area contributed by atoms with Crippen molar-refractivity contribution in [1.82, 2.24) is 19.7 Å². The van der Waals surface area contributed by atoms with Gasteiger partial charge in [0.15, 0.2) is 0 Å². The van der Waals surface area contributed by atoms with Crippen LogP contribution in [0.2, 0.25) is 0 Å². The van der Waals surface area contributed by atoms with E-state index in [-0.39, 0.29) is 17.9 Å². The maximum atomic E-state index is 13.1. The molecule has 166 valence electrons. The van der Waals surface area contributed by atoms with Gasteiger partial charge in [-0.15, -0.1) is 11.3 Å². The molecule has 3 heterocycles. The Labute approximate surface area is 188 Å². The molecule has 4 rings (SSSR count). The summed E-state index contributed by atoms with van der Waals surface area (Å²) in [7, 11) is 0. The third kappa shape index (κ3) is 5.62. The lowest BCUT2D eigenvalue weighted by Gasteiger charge is -2.38. The molecule has 1 N–H and O–H groups in total. The van der Waals surface area contributed by atoms with Crippen LogP contribution in [0.15, 0.2) is 29.6 Å². The van der Waals surface area contributed by atoms with Crippen LogP contribution in [0, 0.1) is 19.8 Å². The molecule has 8 heteroatoms. The van der Waals surface area contributed by atoms with Crippen LogP contribution >= 0.6 is 11.3 Å². The number of aromatic nitrogens is 1. The van der Waals surface area contributed by atoms with Gasteiger partial charge in [0.25, 0.3) is 0 Å². The molecule has 1 aromatic carbocycles. The Bertz CT molecular complexity index is 922. The van der Waals surface area contributed by atoms with E-state index in [1.165, 1.54) is 0 Å². The lowest BCUT2D eigenvalue weighted by Crippen LogP contribution is -2.53. The van der Waals surface area contributed by atoms with E-state index in [9.17, 15) is 9.59 Å². The van der Waals surface area contributed by atoms with Crippen molar-refractivity contribution in [3.05, 3.63) is 45.9 Å². The summed E-state index contributed by atoms with van der Waals surface area (Å²) < 4.78 is 0. The number of thiazole rings is 1. The fourth-order valence-electron chi connectivity index (χ4n) is 4.38. The van der Waals surface area contributed by atoms with Gasteiger partial charge in [0.05, 0.1) is 16.6 Å². The summed E-state index contributed by atoms with van der Waals surface area (Å²) >= 11 is 1.68. The van der Waals surface area contributed by atoms with Crippen LogP contribution in [0.25, 0.3) is 0 Å². The van der Waals surface area contributed by atoms with Crippen molar-refractivity contribution < 1.29 is 9.59 Å². The number of piperazine rings is 1. The number of anilines is 1. The highest BCUT2D eigenvalue weighted by molar-refractivity contribution is 7.09. The van der Waals surface area contributed by atoms with Crippen molar-refractivity contribution in [2.24, 2.45) is 5.92 Å². The largest absolute Gasteiger partial charge is 0.340 e. The van der Waals surface area contributed by atoms with Gasteiger partial charge in [-0.05, 0) is 44.4 Å². The lowest BCUT2D eigenvalue weighted by molar-refractivity contribution is -0.138. The Morgan fingerprint density at radius 3 is 2.65 bits per heavy atom. The van der Waals surface area contributed by atoms with E-state index in [0.717, 1.165) is 67.5 Å². The SMILES string of the molecule is Cc1cccc(NC(=O)N2CCCC(C(=O)N3CCN(Cc4csc(C)n4)CC3)C2)c1. The van der Waals surface area contributed by atoms with E-state index in [1.807, 2.05) is 43.0 Å². The second-order valence-corrected chi connectivity index (χ2v) is 9.61. The molecule has 2 aliphatic heterocycles. The first-order valence-corrected chi connectivity index (χ1v) is 11.9. The number of carbonyl (C=O) groups excluding carboxylic acids is 2. The zero-order chi connectivity index (χ0) is 21.8. The van der Waals surface area contributed by atoms with Crippen molar-refractivity contribution >= 4 is 29.0 Å². The van der Waals surface area contributed by atoms with Crippen molar-refractivity contribution in [2.75, 3.05) is 44.6 Å². The van der Waals surface area contributed by atoms with Crippen LogP contribution in [0.4, 0.5) is 10.5 Å². The molecule has 0 saturated carbocycles. The van der Waals surface area contributed by atoms with Gasteiger partial charge in [0.2, 0.25) is 5.91 Å². The number of rotatable bonds is 4. The van der Waals surface area contributed by atoms with Crippen molar-refractivity contribution in [1.29, 1.82) is 0 Å². The van der Waals surface area contributed by atoms with Crippen molar-refractivity contribution in [3.8, 4) is 0 Å². The fourth-order valence-corrected chi connectivity index (χ4v) is 4.99. The summed E-state index contributed by atoms with van der Waals surface area (Å²) in [6.07, 6.45) is 1.71. The van der Waals surface area contributed by atoms with Crippen LogP contribution in [0.3, 0.4) is 0 Å². The number of urea groups is 1. The molecular weight excluding hydrogens is 410 g/mol. The monoisotopic (exact) mass is 441 g/mol. The van der Waals surface area contributed by atoms with Gasteiger partial charge < -0.3 is 15.1 Å². The Morgan fingerprint density at radius 2 is 1.94 bits per heavy atom. The third-order valence-corrected chi connectivity index (χ3v) is 6.89. The average molecular weight is 442 g/mol. The molecule has 7 nitrogen and oxygen atoms in total. The molecule has 0 bridgehead atoms. The van der Waals surface area contributed by atoms with E-state index in [0.29, 0.717) is 13.1 Å².